The van der Waals surface area contributed by atoms with Crippen LogP contribution in [-0.4, -0.2) is 24.3 Å². The molecule has 0 saturated heterocycles. The highest BCUT2D eigenvalue weighted by atomic mass is 16.5. The van der Waals surface area contributed by atoms with Crippen LogP contribution < -0.4 is 0 Å². The molecule has 0 aromatic heterocycles. The molecule has 0 amide bonds. The highest BCUT2D eigenvalue weighted by Crippen LogP contribution is 2.30. The van der Waals surface area contributed by atoms with Crippen molar-refractivity contribution in [2.75, 3.05) is 13.2 Å². The molecule has 0 spiro atoms. The maximum atomic E-state index is 12.1. The zero-order valence-electron chi connectivity index (χ0n) is 24.4. The van der Waals surface area contributed by atoms with Crippen molar-refractivity contribution in [2.24, 2.45) is 5.41 Å². The number of carbonyl (C=O) groups excluding carboxylic acids is 1. The van der Waals surface area contributed by atoms with Gasteiger partial charge in [0, 0.05) is 11.8 Å². The summed E-state index contributed by atoms with van der Waals surface area (Å²) >= 11 is 0. The van der Waals surface area contributed by atoms with Gasteiger partial charge >= 0.3 is 5.97 Å². The smallest absolute Gasteiger partial charge is 0.305 e. The molecule has 35 heavy (non-hydrogen) atoms. The Labute approximate surface area is 220 Å². The Bertz CT molecular complexity index is 429. The highest BCUT2D eigenvalue weighted by molar-refractivity contribution is 5.69. The summed E-state index contributed by atoms with van der Waals surface area (Å²) in [4.78, 5) is 12.1. The fourth-order valence-electron chi connectivity index (χ4n) is 5.36. The molecule has 0 aromatic carbocycles. The van der Waals surface area contributed by atoms with Crippen LogP contribution >= 0.6 is 0 Å². The van der Waals surface area contributed by atoms with E-state index in [1.165, 1.54) is 116 Å². The maximum Gasteiger partial charge on any atom is 0.305 e. The molecule has 0 fully saturated rings. The summed E-state index contributed by atoms with van der Waals surface area (Å²) in [6, 6.07) is 0. The normalized spacial score (nSPS) is 11.8. The third kappa shape index (κ3) is 22.4. The Morgan fingerprint density at radius 2 is 0.886 bits per heavy atom. The number of rotatable bonds is 28. The minimum absolute atomic E-state index is 0.0857. The molecule has 0 rings (SSSR count). The first-order valence-electron chi connectivity index (χ1n) is 15.9. The fourth-order valence-corrected chi connectivity index (χ4v) is 5.36. The van der Waals surface area contributed by atoms with Gasteiger partial charge in [-0.15, -0.1) is 0 Å². The van der Waals surface area contributed by atoms with Gasteiger partial charge in [0.25, 0.3) is 0 Å². The predicted molar refractivity (Wildman–Crippen MR) is 153 cm³/mol. The van der Waals surface area contributed by atoms with E-state index >= 15 is 0 Å². The number of aliphatic hydroxyl groups is 1. The lowest BCUT2D eigenvalue weighted by atomic mass is 9.81. The Morgan fingerprint density at radius 3 is 1.20 bits per heavy atom. The predicted octanol–water partition coefficient (Wildman–Crippen LogP) is 10.3. The average Bonchev–Trinajstić information content (AvgIpc) is 2.86. The molecule has 0 radical (unpaired) electrons. The van der Waals surface area contributed by atoms with E-state index in [2.05, 4.69) is 20.8 Å². The van der Waals surface area contributed by atoms with Crippen LogP contribution in [0.5, 0.6) is 0 Å². The summed E-state index contributed by atoms with van der Waals surface area (Å²) in [7, 11) is 0. The Hall–Kier alpha value is -0.570. The van der Waals surface area contributed by atoms with Crippen LogP contribution in [0.1, 0.15) is 181 Å². The van der Waals surface area contributed by atoms with Gasteiger partial charge < -0.3 is 9.84 Å². The van der Waals surface area contributed by atoms with E-state index in [1.54, 1.807) is 0 Å². The summed E-state index contributed by atoms with van der Waals surface area (Å²) in [6.07, 6.45) is 31.7. The van der Waals surface area contributed by atoms with Gasteiger partial charge in [0.15, 0.2) is 0 Å². The number of unbranched alkanes of at least 4 members (excludes halogenated alkanes) is 19. The molecule has 3 heteroatoms. The van der Waals surface area contributed by atoms with E-state index in [0.29, 0.717) is 13.0 Å². The largest absolute Gasteiger partial charge is 0.465 e. The monoisotopic (exact) mass is 496 g/mol. The zero-order chi connectivity index (χ0) is 25.9. The van der Waals surface area contributed by atoms with Crippen molar-refractivity contribution in [3.8, 4) is 0 Å². The number of carbonyl (C=O) groups is 1. The van der Waals surface area contributed by atoms with E-state index in [-0.39, 0.29) is 18.0 Å². The van der Waals surface area contributed by atoms with Crippen LogP contribution in [0.15, 0.2) is 0 Å². The molecule has 0 aliphatic rings. The van der Waals surface area contributed by atoms with Crippen molar-refractivity contribution in [3.05, 3.63) is 0 Å². The SMILES string of the molecule is CCCCCCCCCCCCCCCCCCCCCCC(=O)OCC(CO)(CCC)CCC. The van der Waals surface area contributed by atoms with Crippen LogP contribution in [0.4, 0.5) is 0 Å². The van der Waals surface area contributed by atoms with Crippen molar-refractivity contribution < 1.29 is 14.6 Å². The minimum Gasteiger partial charge on any atom is -0.465 e. The number of esters is 1. The van der Waals surface area contributed by atoms with E-state index < -0.39 is 0 Å². The standard InChI is InChI=1S/C32H64O3/c1-4-7-8-9-10-11-12-13-14-15-16-17-18-19-20-21-22-23-24-25-26-31(34)35-30-32(29-33,27-5-2)28-6-3/h33H,4-30H2,1-3H3. The molecule has 0 aliphatic carbocycles. The van der Waals surface area contributed by atoms with Crippen molar-refractivity contribution in [2.45, 2.75) is 181 Å². The summed E-state index contributed by atoms with van der Waals surface area (Å²) < 4.78 is 5.55. The van der Waals surface area contributed by atoms with Gasteiger partial charge in [-0.25, -0.2) is 0 Å². The van der Waals surface area contributed by atoms with Gasteiger partial charge in [-0.05, 0) is 19.3 Å². The third-order valence-corrected chi connectivity index (χ3v) is 7.67. The first kappa shape index (κ1) is 34.4. The van der Waals surface area contributed by atoms with Gasteiger partial charge in [-0.3, -0.25) is 4.79 Å². The minimum atomic E-state index is -0.230. The van der Waals surface area contributed by atoms with Gasteiger partial charge in [-0.2, -0.15) is 0 Å². The molecule has 0 aliphatic heterocycles. The summed E-state index contributed by atoms with van der Waals surface area (Å²) in [5, 5.41) is 9.81. The molecule has 0 heterocycles. The number of ether oxygens (including phenoxy) is 1. The second kappa shape index (κ2) is 26.5. The molecule has 0 aromatic rings. The third-order valence-electron chi connectivity index (χ3n) is 7.67. The topological polar surface area (TPSA) is 46.5 Å². The van der Waals surface area contributed by atoms with Crippen molar-refractivity contribution in [1.82, 2.24) is 0 Å². The van der Waals surface area contributed by atoms with Crippen LogP contribution in [-0.2, 0) is 9.53 Å². The van der Waals surface area contributed by atoms with Gasteiger partial charge in [0.2, 0.25) is 0 Å². The van der Waals surface area contributed by atoms with Crippen molar-refractivity contribution >= 4 is 5.97 Å². The number of aliphatic hydroxyl groups excluding tert-OH is 1. The second-order valence-electron chi connectivity index (χ2n) is 11.3. The quantitative estimate of drug-likeness (QED) is 0.0865. The van der Waals surface area contributed by atoms with Crippen molar-refractivity contribution in [3.63, 3.8) is 0 Å². The van der Waals surface area contributed by atoms with Crippen LogP contribution in [0.3, 0.4) is 0 Å². The van der Waals surface area contributed by atoms with E-state index in [4.69, 9.17) is 4.74 Å². The Morgan fingerprint density at radius 1 is 0.543 bits per heavy atom. The zero-order valence-corrected chi connectivity index (χ0v) is 24.4. The van der Waals surface area contributed by atoms with Crippen LogP contribution in [0.25, 0.3) is 0 Å². The molecule has 0 bridgehead atoms. The number of hydrogen-bond acceptors (Lipinski definition) is 3. The van der Waals surface area contributed by atoms with Gasteiger partial charge in [-0.1, -0.05) is 156 Å². The van der Waals surface area contributed by atoms with Crippen molar-refractivity contribution in [1.29, 1.82) is 0 Å². The molecule has 0 saturated carbocycles. The molecular weight excluding hydrogens is 432 g/mol. The molecule has 1 N–H and O–H groups in total. The molecular formula is C32H64O3. The van der Waals surface area contributed by atoms with Crippen LogP contribution in [0.2, 0.25) is 0 Å². The highest BCUT2D eigenvalue weighted by Gasteiger charge is 2.29. The lowest BCUT2D eigenvalue weighted by molar-refractivity contribution is -0.149. The van der Waals surface area contributed by atoms with Gasteiger partial charge in [0.1, 0.15) is 0 Å². The molecule has 210 valence electrons. The van der Waals surface area contributed by atoms with E-state index in [9.17, 15) is 9.90 Å². The maximum absolute atomic E-state index is 12.1. The number of hydrogen-bond donors (Lipinski definition) is 1. The fraction of sp³-hybridized carbons (Fsp3) is 0.969. The summed E-state index contributed by atoms with van der Waals surface area (Å²) in [5.41, 5.74) is -0.230. The second-order valence-corrected chi connectivity index (χ2v) is 11.3. The lowest BCUT2D eigenvalue weighted by Crippen LogP contribution is -2.32. The Kier molecular flexibility index (Phi) is 26.1. The first-order chi connectivity index (χ1) is 17.1. The molecule has 0 atom stereocenters. The summed E-state index contributed by atoms with van der Waals surface area (Å²) in [6.45, 7) is 7.03. The van der Waals surface area contributed by atoms with E-state index in [1.807, 2.05) is 0 Å². The average molecular weight is 497 g/mol. The molecule has 0 unspecified atom stereocenters. The van der Waals surface area contributed by atoms with E-state index in [0.717, 1.165) is 38.5 Å². The lowest BCUT2D eigenvalue weighted by Gasteiger charge is -2.30. The summed E-state index contributed by atoms with van der Waals surface area (Å²) in [5.74, 6) is -0.0857. The van der Waals surface area contributed by atoms with Gasteiger partial charge in [0.05, 0.1) is 13.2 Å². The molecule has 3 nitrogen and oxygen atoms in total. The first-order valence-corrected chi connectivity index (χ1v) is 15.9. The van der Waals surface area contributed by atoms with Crippen LogP contribution in [0, 0.1) is 5.41 Å². The Balaban J connectivity index is 3.39.